The second kappa shape index (κ2) is 11.1. The van der Waals surface area contributed by atoms with Crippen molar-refractivity contribution in [2.24, 2.45) is 0 Å². The third-order valence-electron chi connectivity index (χ3n) is 6.24. The number of carbonyl (C=O) groups is 2. The molecule has 1 aliphatic heterocycles. The van der Waals surface area contributed by atoms with E-state index in [1.165, 1.54) is 26.4 Å². The van der Waals surface area contributed by atoms with Crippen LogP contribution in [0.2, 0.25) is 0 Å². The number of amides is 2. The van der Waals surface area contributed by atoms with Gasteiger partial charge in [-0.05, 0) is 24.3 Å². The van der Waals surface area contributed by atoms with E-state index < -0.39 is 66.1 Å². The maximum absolute atomic E-state index is 15.1. The fourth-order valence-electron chi connectivity index (χ4n) is 4.51. The van der Waals surface area contributed by atoms with Crippen LogP contribution >= 0.6 is 0 Å². The second-order valence-electron chi connectivity index (χ2n) is 8.78. The van der Waals surface area contributed by atoms with Gasteiger partial charge in [-0.25, -0.2) is 17.6 Å². The van der Waals surface area contributed by atoms with Crippen LogP contribution in [0.3, 0.4) is 0 Å². The Morgan fingerprint density at radius 2 is 1.73 bits per heavy atom. The standard InChI is InChI=1S/C25H21F7N4O4/c1-34(23(37)13-3-5-14(6-4-13)40-25(30,31)32)22-16(21-17(26)9-15(39-2)10-18(21)27)11-36(24(22)38)20-7-8-35(33-20)12-19(28)29/h3-10,16,19,22H,11-12H2,1-2H3/t16-,22?/m0/s1. The highest BCUT2D eigenvalue weighted by atomic mass is 19.4. The predicted octanol–water partition coefficient (Wildman–Crippen LogP) is 4.60. The van der Waals surface area contributed by atoms with E-state index in [1.807, 2.05) is 0 Å². The summed E-state index contributed by atoms with van der Waals surface area (Å²) in [5, 5.41) is 3.94. The first-order valence-corrected chi connectivity index (χ1v) is 11.6. The molecule has 4 rings (SSSR count). The number of anilines is 1. The van der Waals surface area contributed by atoms with Crippen molar-refractivity contribution >= 4 is 17.6 Å². The van der Waals surface area contributed by atoms with Gasteiger partial charge < -0.3 is 14.4 Å². The number of aromatic nitrogens is 2. The second-order valence-corrected chi connectivity index (χ2v) is 8.78. The van der Waals surface area contributed by atoms with E-state index in [9.17, 15) is 31.5 Å². The van der Waals surface area contributed by atoms with Crippen molar-refractivity contribution in [3.63, 3.8) is 0 Å². The molecule has 3 aromatic rings. The quantitative estimate of drug-likeness (QED) is 0.368. The summed E-state index contributed by atoms with van der Waals surface area (Å²) >= 11 is 0. The fourth-order valence-corrected chi connectivity index (χ4v) is 4.51. The molecule has 15 heteroatoms. The minimum Gasteiger partial charge on any atom is -0.497 e. The van der Waals surface area contributed by atoms with Crippen molar-refractivity contribution in [2.75, 3.05) is 25.6 Å². The summed E-state index contributed by atoms with van der Waals surface area (Å²) in [7, 11) is 2.39. The van der Waals surface area contributed by atoms with Gasteiger partial charge in [-0.2, -0.15) is 5.10 Å². The summed E-state index contributed by atoms with van der Waals surface area (Å²) in [6.45, 7) is -1.13. The molecule has 1 unspecified atom stereocenters. The molecule has 40 heavy (non-hydrogen) atoms. The normalized spacial score (nSPS) is 17.4. The van der Waals surface area contributed by atoms with Crippen LogP contribution in [0.4, 0.5) is 36.6 Å². The first kappa shape index (κ1) is 28.7. The van der Waals surface area contributed by atoms with Crippen LogP contribution in [0.15, 0.2) is 48.7 Å². The van der Waals surface area contributed by atoms with Gasteiger partial charge in [-0.3, -0.25) is 19.2 Å². The number of alkyl halides is 5. The number of nitrogens with zero attached hydrogens (tertiary/aromatic N) is 4. The third-order valence-corrected chi connectivity index (χ3v) is 6.24. The molecule has 0 aliphatic carbocycles. The summed E-state index contributed by atoms with van der Waals surface area (Å²) in [4.78, 5) is 28.8. The topological polar surface area (TPSA) is 76.9 Å². The van der Waals surface area contributed by atoms with E-state index in [-0.39, 0.29) is 23.7 Å². The number of rotatable bonds is 8. The van der Waals surface area contributed by atoms with Crippen molar-refractivity contribution < 1.29 is 49.8 Å². The largest absolute Gasteiger partial charge is 0.573 e. The molecule has 2 atom stereocenters. The third kappa shape index (κ3) is 5.97. The number of ether oxygens (including phenoxy) is 2. The fraction of sp³-hybridized carbons (Fsp3) is 0.320. The zero-order valence-electron chi connectivity index (χ0n) is 20.8. The SMILES string of the molecule is COc1cc(F)c([C@@H]2CN(c3ccn(CC(F)F)n3)C(=O)C2N(C)C(=O)c2ccc(OC(F)(F)F)cc2)c(F)c1. The highest BCUT2D eigenvalue weighted by molar-refractivity contribution is 6.04. The van der Waals surface area contributed by atoms with Crippen LogP contribution in [0.25, 0.3) is 0 Å². The lowest BCUT2D eigenvalue weighted by Gasteiger charge is -2.28. The first-order chi connectivity index (χ1) is 18.8. The minimum atomic E-state index is -4.95. The number of methoxy groups -OCH3 is 1. The van der Waals surface area contributed by atoms with Crippen molar-refractivity contribution in [3.8, 4) is 11.5 Å². The van der Waals surface area contributed by atoms with Gasteiger partial charge in [0.05, 0.1) is 7.11 Å². The Balaban J connectivity index is 1.70. The predicted molar refractivity (Wildman–Crippen MR) is 125 cm³/mol. The average Bonchev–Trinajstić information content (AvgIpc) is 3.45. The van der Waals surface area contributed by atoms with Crippen LogP contribution in [0.1, 0.15) is 21.8 Å². The maximum atomic E-state index is 15.1. The maximum Gasteiger partial charge on any atom is 0.573 e. The molecule has 214 valence electrons. The van der Waals surface area contributed by atoms with Gasteiger partial charge >= 0.3 is 6.36 Å². The molecule has 1 fully saturated rings. The zero-order valence-corrected chi connectivity index (χ0v) is 20.8. The number of benzene rings is 2. The number of carbonyl (C=O) groups excluding carboxylic acids is 2. The average molecular weight is 574 g/mol. The highest BCUT2D eigenvalue weighted by Gasteiger charge is 2.48. The number of hydrogen-bond acceptors (Lipinski definition) is 5. The van der Waals surface area contributed by atoms with Gasteiger partial charge in [0.15, 0.2) is 5.82 Å². The Morgan fingerprint density at radius 1 is 1.10 bits per heavy atom. The van der Waals surface area contributed by atoms with Crippen molar-refractivity contribution in [1.29, 1.82) is 0 Å². The highest BCUT2D eigenvalue weighted by Crippen LogP contribution is 2.38. The summed E-state index contributed by atoms with van der Waals surface area (Å²) in [6, 6.07) is 5.43. The van der Waals surface area contributed by atoms with E-state index in [2.05, 4.69) is 9.84 Å². The first-order valence-electron chi connectivity index (χ1n) is 11.6. The van der Waals surface area contributed by atoms with Crippen LogP contribution in [-0.2, 0) is 11.3 Å². The monoisotopic (exact) mass is 574 g/mol. The molecule has 2 amide bonds. The molecule has 0 bridgehead atoms. The van der Waals surface area contributed by atoms with Crippen molar-refractivity contribution in [3.05, 3.63) is 71.4 Å². The lowest BCUT2D eigenvalue weighted by atomic mass is 9.91. The van der Waals surface area contributed by atoms with Gasteiger partial charge in [0.2, 0.25) is 0 Å². The Hall–Kier alpha value is -4.30. The minimum absolute atomic E-state index is 0.0815. The molecule has 1 aromatic heterocycles. The summed E-state index contributed by atoms with van der Waals surface area (Å²) in [5.74, 6) is -5.86. The number of halogens is 7. The van der Waals surface area contributed by atoms with E-state index in [0.29, 0.717) is 0 Å². The van der Waals surface area contributed by atoms with Crippen molar-refractivity contribution in [2.45, 2.75) is 31.3 Å². The Labute approximate surface area is 222 Å². The van der Waals surface area contributed by atoms with Gasteiger partial charge in [0, 0.05) is 55.0 Å². The molecule has 0 spiro atoms. The molecule has 0 radical (unpaired) electrons. The van der Waals surface area contributed by atoms with Crippen LogP contribution in [-0.4, -0.2) is 66.0 Å². The Morgan fingerprint density at radius 3 is 2.27 bits per heavy atom. The lowest BCUT2D eigenvalue weighted by molar-refractivity contribution is -0.274. The molecule has 2 heterocycles. The van der Waals surface area contributed by atoms with Crippen LogP contribution < -0.4 is 14.4 Å². The summed E-state index contributed by atoms with van der Waals surface area (Å²) in [6.07, 6.45) is -6.49. The molecule has 0 saturated carbocycles. The number of hydrogen-bond donors (Lipinski definition) is 0. The molecule has 0 N–H and O–H groups in total. The molecule has 8 nitrogen and oxygen atoms in total. The number of likely N-dealkylation sites (N-methyl/N-ethyl adjacent to an activating group) is 1. The Bertz CT molecular complexity index is 1370. The summed E-state index contributed by atoms with van der Waals surface area (Å²) < 4.78 is 103. The molecule has 1 aliphatic rings. The van der Waals surface area contributed by atoms with E-state index in [0.717, 1.165) is 50.9 Å². The van der Waals surface area contributed by atoms with Gasteiger partial charge in [0.25, 0.3) is 18.2 Å². The zero-order chi connectivity index (χ0) is 29.4. The van der Waals surface area contributed by atoms with Crippen LogP contribution in [0.5, 0.6) is 11.5 Å². The van der Waals surface area contributed by atoms with E-state index in [1.54, 1.807) is 0 Å². The van der Waals surface area contributed by atoms with E-state index >= 15 is 8.78 Å². The smallest absolute Gasteiger partial charge is 0.497 e. The lowest BCUT2D eigenvalue weighted by Crippen LogP contribution is -2.45. The molecular weight excluding hydrogens is 553 g/mol. The van der Waals surface area contributed by atoms with E-state index in [4.69, 9.17) is 4.74 Å². The molecule has 1 saturated heterocycles. The van der Waals surface area contributed by atoms with Gasteiger partial charge in [0.1, 0.15) is 35.7 Å². The molecule has 2 aromatic carbocycles. The van der Waals surface area contributed by atoms with Gasteiger partial charge in [-0.1, -0.05) is 0 Å². The Kier molecular flexibility index (Phi) is 7.93. The molecular formula is C25H21F7N4O4. The summed E-state index contributed by atoms with van der Waals surface area (Å²) in [5.41, 5.74) is -0.666. The van der Waals surface area contributed by atoms with Crippen molar-refractivity contribution in [1.82, 2.24) is 14.7 Å². The van der Waals surface area contributed by atoms with Crippen LogP contribution in [0, 0.1) is 11.6 Å². The van der Waals surface area contributed by atoms with Gasteiger partial charge in [-0.15, -0.1) is 13.2 Å².